The monoisotopic (exact) mass is 160 g/mol. The Morgan fingerprint density at radius 2 is 2.33 bits per heavy atom. The van der Waals surface area contributed by atoms with Gasteiger partial charge in [-0.1, -0.05) is 0 Å². The van der Waals surface area contributed by atoms with E-state index in [9.17, 15) is 0 Å². The van der Waals surface area contributed by atoms with Gasteiger partial charge in [-0.05, 0) is 22.6 Å². The van der Waals surface area contributed by atoms with Crippen molar-refractivity contribution in [1.82, 2.24) is 30.2 Å². The Hall–Kier alpha value is -1.98. The molecule has 3 aromatic rings. The Kier molecular flexibility index (Phi) is 0.840. The van der Waals surface area contributed by atoms with Gasteiger partial charge in [0.15, 0.2) is 5.65 Å². The summed E-state index contributed by atoms with van der Waals surface area (Å²) >= 11 is 0. The second-order valence-corrected chi connectivity index (χ2v) is 2.45. The number of nitrogens with one attached hydrogen (secondary N) is 1. The van der Waals surface area contributed by atoms with Crippen molar-refractivity contribution in [2.75, 3.05) is 0 Å². The smallest absolute Gasteiger partial charge is 0.180 e. The van der Waals surface area contributed by atoms with Crippen molar-refractivity contribution in [3.8, 4) is 0 Å². The van der Waals surface area contributed by atoms with Crippen LogP contribution in [-0.2, 0) is 0 Å². The van der Waals surface area contributed by atoms with Crippen molar-refractivity contribution in [1.29, 1.82) is 0 Å². The quantitative estimate of drug-likeness (QED) is 0.502. The molecule has 0 spiro atoms. The van der Waals surface area contributed by atoms with Crippen LogP contribution >= 0.6 is 0 Å². The molecule has 0 aliphatic rings. The molecule has 0 aliphatic carbocycles. The molecule has 0 aliphatic heterocycles. The van der Waals surface area contributed by atoms with E-state index in [2.05, 4.69) is 25.7 Å². The zero-order valence-electron chi connectivity index (χ0n) is 5.97. The molecule has 12 heavy (non-hydrogen) atoms. The second-order valence-electron chi connectivity index (χ2n) is 2.45. The lowest BCUT2D eigenvalue weighted by Crippen LogP contribution is -1.87. The molecule has 58 valence electrons. The summed E-state index contributed by atoms with van der Waals surface area (Å²) < 4.78 is 1.64. The van der Waals surface area contributed by atoms with E-state index < -0.39 is 0 Å². The van der Waals surface area contributed by atoms with Crippen LogP contribution in [0.15, 0.2) is 18.3 Å². The minimum Gasteiger partial charge on any atom is -0.276 e. The molecule has 0 atom stereocenters. The first kappa shape index (κ1) is 5.64. The fourth-order valence-corrected chi connectivity index (χ4v) is 1.21. The van der Waals surface area contributed by atoms with Crippen LogP contribution in [0.4, 0.5) is 0 Å². The molecule has 6 nitrogen and oxygen atoms in total. The Morgan fingerprint density at radius 1 is 1.33 bits per heavy atom. The summed E-state index contributed by atoms with van der Waals surface area (Å²) in [6.45, 7) is 0. The minimum atomic E-state index is 0.726. The zero-order valence-corrected chi connectivity index (χ0v) is 5.97. The first-order valence-electron chi connectivity index (χ1n) is 3.45. The maximum absolute atomic E-state index is 3.89. The summed E-state index contributed by atoms with van der Waals surface area (Å²) in [5.74, 6) is 0. The maximum atomic E-state index is 3.89. The van der Waals surface area contributed by atoms with Crippen molar-refractivity contribution in [3.05, 3.63) is 18.3 Å². The standard InChI is InChI=1S/C6H4N6/c1-2-6-9-10-11-12(6)5-3-7-8-4(1)5/h1-3H,(H,7,8). The van der Waals surface area contributed by atoms with Gasteiger partial charge in [0, 0.05) is 0 Å². The third kappa shape index (κ3) is 0.541. The van der Waals surface area contributed by atoms with Crippen LogP contribution in [-0.4, -0.2) is 30.2 Å². The van der Waals surface area contributed by atoms with E-state index in [0.717, 1.165) is 16.7 Å². The Balaban J connectivity index is 2.71. The number of aromatic nitrogens is 6. The molecule has 0 fully saturated rings. The van der Waals surface area contributed by atoms with Gasteiger partial charge in [0.2, 0.25) is 0 Å². The lowest BCUT2D eigenvalue weighted by atomic mass is 10.4. The van der Waals surface area contributed by atoms with Gasteiger partial charge < -0.3 is 0 Å². The summed E-state index contributed by atoms with van der Waals surface area (Å²) in [5, 5.41) is 17.9. The first-order chi connectivity index (χ1) is 5.95. The van der Waals surface area contributed by atoms with Gasteiger partial charge in [0.05, 0.1) is 11.7 Å². The van der Waals surface area contributed by atoms with Crippen LogP contribution in [0.3, 0.4) is 0 Å². The number of hydrogen-bond acceptors (Lipinski definition) is 4. The first-order valence-corrected chi connectivity index (χ1v) is 3.45. The van der Waals surface area contributed by atoms with E-state index in [4.69, 9.17) is 0 Å². The molecule has 3 rings (SSSR count). The third-order valence-corrected chi connectivity index (χ3v) is 1.77. The second kappa shape index (κ2) is 1.79. The zero-order chi connectivity index (χ0) is 7.97. The highest BCUT2D eigenvalue weighted by molar-refractivity contribution is 5.76. The Labute approximate surface area is 66.2 Å². The van der Waals surface area contributed by atoms with Gasteiger partial charge in [0.1, 0.15) is 5.52 Å². The van der Waals surface area contributed by atoms with Crippen molar-refractivity contribution < 1.29 is 0 Å². The van der Waals surface area contributed by atoms with E-state index in [0.29, 0.717) is 0 Å². The van der Waals surface area contributed by atoms with Gasteiger partial charge in [-0.3, -0.25) is 5.10 Å². The predicted molar refractivity (Wildman–Crippen MR) is 40.4 cm³/mol. The number of nitrogens with zero attached hydrogens (tertiary/aromatic N) is 5. The highest BCUT2D eigenvalue weighted by atomic mass is 15.5. The molecule has 6 heteroatoms. The average Bonchev–Trinajstić information content (AvgIpc) is 2.71. The number of fused-ring (bicyclic) bond motifs is 3. The van der Waals surface area contributed by atoms with Gasteiger partial charge in [-0.15, -0.1) is 5.10 Å². The average molecular weight is 160 g/mol. The van der Waals surface area contributed by atoms with E-state index >= 15 is 0 Å². The van der Waals surface area contributed by atoms with Crippen LogP contribution in [0.1, 0.15) is 0 Å². The van der Waals surface area contributed by atoms with E-state index in [1.165, 1.54) is 0 Å². The summed E-state index contributed by atoms with van der Waals surface area (Å²) in [6, 6.07) is 3.73. The van der Waals surface area contributed by atoms with Gasteiger partial charge in [-0.25, -0.2) is 0 Å². The molecule has 0 saturated carbocycles. The van der Waals surface area contributed by atoms with Crippen LogP contribution in [0, 0.1) is 0 Å². The summed E-state index contributed by atoms with van der Waals surface area (Å²) in [7, 11) is 0. The normalized spacial score (nSPS) is 11.3. The molecule has 3 aromatic heterocycles. The fraction of sp³-hybridized carbons (Fsp3) is 0. The molecule has 0 saturated heterocycles. The largest absolute Gasteiger partial charge is 0.276 e. The van der Waals surface area contributed by atoms with Crippen molar-refractivity contribution >= 4 is 16.7 Å². The molecular formula is C6H4N6. The molecule has 1 N–H and O–H groups in total. The third-order valence-electron chi connectivity index (χ3n) is 1.77. The van der Waals surface area contributed by atoms with E-state index in [1.807, 2.05) is 12.1 Å². The van der Waals surface area contributed by atoms with Crippen LogP contribution in [0.5, 0.6) is 0 Å². The lowest BCUT2D eigenvalue weighted by Gasteiger charge is -1.89. The van der Waals surface area contributed by atoms with Crippen LogP contribution in [0.2, 0.25) is 0 Å². The SMILES string of the molecule is c1cc2nnnn2c2cn[nH]c12. The van der Waals surface area contributed by atoms with Crippen LogP contribution < -0.4 is 0 Å². The molecular weight excluding hydrogens is 156 g/mol. The molecule has 0 amide bonds. The fourth-order valence-electron chi connectivity index (χ4n) is 1.21. The van der Waals surface area contributed by atoms with E-state index in [1.54, 1.807) is 10.7 Å². The summed E-state index contributed by atoms with van der Waals surface area (Å²) in [4.78, 5) is 0. The molecule has 0 bridgehead atoms. The lowest BCUT2D eigenvalue weighted by molar-refractivity contribution is 0.842. The number of rotatable bonds is 0. The molecule has 0 aromatic carbocycles. The number of H-pyrrole nitrogens is 1. The van der Waals surface area contributed by atoms with Crippen molar-refractivity contribution in [2.45, 2.75) is 0 Å². The van der Waals surface area contributed by atoms with Crippen molar-refractivity contribution in [2.24, 2.45) is 0 Å². The number of pyridine rings is 1. The Morgan fingerprint density at radius 3 is 3.33 bits per heavy atom. The van der Waals surface area contributed by atoms with Gasteiger partial charge in [0.25, 0.3) is 0 Å². The van der Waals surface area contributed by atoms with E-state index in [-0.39, 0.29) is 0 Å². The number of hydrogen-bond donors (Lipinski definition) is 1. The predicted octanol–water partition coefficient (Wildman–Crippen LogP) is 0.000600. The summed E-state index contributed by atoms with van der Waals surface area (Å²) in [5.41, 5.74) is 2.54. The van der Waals surface area contributed by atoms with Gasteiger partial charge >= 0.3 is 0 Å². The number of aromatic amines is 1. The molecule has 3 heterocycles. The number of tetrazole rings is 1. The minimum absolute atomic E-state index is 0.726. The van der Waals surface area contributed by atoms with Gasteiger partial charge in [-0.2, -0.15) is 9.61 Å². The maximum Gasteiger partial charge on any atom is 0.180 e. The highest BCUT2D eigenvalue weighted by Crippen LogP contribution is 2.09. The van der Waals surface area contributed by atoms with Crippen LogP contribution in [0.25, 0.3) is 16.7 Å². The highest BCUT2D eigenvalue weighted by Gasteiger charge is 2.02. The van der Waals surface area contributed by atoms with Crippen molar-refractivity contribution in [3.63, 3.8) is 0 Å². The molecule has 0 unspecified atom stereocenters. The molecule has 0 radical (unpaired) electrons. The Bertz CT molecular complexity index is 485. The summed E-state index contributed by atoms with van der Waals surface area (Å²) in [6.07, 6.45) is 1.69. The topological polar surface area (TPSA) is 71.8 Å².